The first-order valence-electron chi connectivity index (χ1n) is 10.9. The summed E-state index contributed by atoms with van der Waals surface area (Å²) in [6, 6.07) is 17.3. The first kappa shape index (κ1) is 21.9. The Hall–Kier alpha value is -3.35. The number of hydrogen-bond acceptors (Lipinski definition) is 5. The van der Waals surface area contributed by atoms with Gasteiger partial charge < -0.3 is 19.3 Å². The Morgan fingerprint density at radius 1 is 0.969 bits per heavy atom. The quantitative estimate of drug-likeness (QED) is 0.665. The predicted molar refractivity (Wildman–Crippen MR) is 119 cm³/mol. The van der Waals surface area contributed by atoms with E-state index in [9.17, 15) is 14.4 Å². The molecule has 2 amide bonds. The number of para-hydroxylation sites is 1. The van der Waals surface area contributed by atoms with Crippen LogP contribution in [0, 0.1) is 0 Å². The number of carbonyl (C=O) groups excluding carboxylic acids is 3. The maximum absolute atomic E-state index is 13.0. The maximum Gasteiger partial charge on any atom is 0.410 e. The molecule has 0 spiro atoms. The van der Waals surface area contributed by atoms with Crippen molar-refractivity contribution in [3.8, 4) is 0 Å². The van der Waals surface area contributed by atoms with Crippen LogP contribution in [0.3, 0.4) is 0 Å². The van der Waals surface area contributed by atoms with Crippen LogP contribution in [0.2, 0.25) is 0 Å². The molecule has 3 atom stereocenters. The largest absolute Gasteiger partial charge is 0.461 e. The predicted octanol–water partition coefficient (Wildman–Crippen LogP) is 3.87. The van der Waals surface area contributed by atoms with Crippen LogP contribution in [0.1, 0.15) is 43.7 Å². The van der Waals surface area contributed by atoms with Crippen LogP contribution in [0.4, 0.5) is 10.5 Å². The number of hydrogen-bond donors (Lipinski definition) is 0. The SMILES string of the molecule is CC(=O)OC1CC(CC2CN(C(C)=O)c3ccccc32)N(C(=O)OCc2ccccc2)C1. The number of nitrogens with zero attached hydrogens (tertiary/aromatic N) is 2. The zero-order valence-corrected chi connectivity index (χ0v) is 18.4. The van der Waals surface area contributed by atoms with Gasteiger partial charge in [0.05, 0.1) is 6.54 Å². The second kappa shape index (κ2) is 9.42. The Labute approximate surface area is 187 Å². The Balaban J connectivity index is 1.49. The molecule has 1 saturated heterocycles. The molecule has 2 aromatic carbocycles. The van der Waals surface area contributed by atoms with Crippen molar-refractivity contribution >= 4 is 23.7 Å². The van der Waals surface area contributed by atoms with E-state index in [4.69, 9.17) is 9.47 Å². The van der Waals surface area contributed by atoms with Gasteiger partial charge in [0.2, 0.25) is 5.91 Å². The summed E-state index contributed by atoms with van der Waals surface area (Å²) in [6.07, 6.45) is 0.447. The van der Waals surface area contributed by atoms with E-state index in [1.807, 2.05) is 54.6 Å². The van der Waals surface area contributed by atoms with E-state index in [0.717, 1.165) is 16.8 Å². The first-order valence-corrected chi connectivity index (χ1v) is 10.9. The normalized spacial score (nSPS) is 21.9. The van der Waals surface area contributed by atoms with Gasteiger partial charge in [0.25, 0.3) is 0 Å². The minimum atomic E-state index is -0.414. The number of rotatable bonds is 5. The van der Waals surface area contributed by atoms with Crippen LogP contribution in [0.25, 0.3) is 0 Å². The van der Waals surface area contributed by atoms with Crippen molar-refractivity contribution in [2.24, 2.45) is 0 Å². The molecule has 0 aliphatic carbocycles. The van der Waals surface area contributed by atoms with Crippen LogP contribution in [-0.2, 0) is 25.7 Å². The third-order valence-corrected chi connectivity index (χ3v) is 6.16. The van der Waals surface area contributed by atoms with Crippen LogP contribution in [0.5, 0.6) is 0 Å². The third-order valence-electron chi connectivity index (χ3n) is 6.16. The molecule has 0 radical (unpaired) electrons. The monoisotopic (exact) mass is 436 g/mol. The van der Waals surface area contributed by atoms with Crippen molar-refractivity contribution in [3.05, 3.63) is 65.7 Å². The summed E-state index contributed by atoms with van der Waals surface area (Å²) in [4.78, 5) is 40.1. The van der Waals surface area contributed by atoms with Gasteiger partial charge in [-0.2, -0.15) is 0 Å². The Kier molecular flexibility index (Phi) is 6.44. The molecule has 0 aromatic heterocycles. The highest BCUT2D eigenvalue weighted by molar-refractivity contribution is 5.94. The van der Waals surface area contributed by atoms with E-state index in [1.165, 1.54) is 6.92 Å². The van der Waals surface area contributed by atoms with Crippen molar-refractivity contribution in [1.29, 1.82) is 0 Å². The smallest absolute Gasteiger partial charge is 0.410 e. The minimum Gasteiger partial charge on any atom is -0.461 e. The molecule has 7 nitrogen and oxygen atoms in total. The van der Waals surface area contributed by atoms with Gasteiger partial charge in [0.1, 0.15) is 12.7 Å². The topological polar surface area (TPSA) is 76.2 Å². The van der Waals surface area contributed by atoms with Crippen molar-refractivity contribution in [1.82, 2.24) is 4.90 Å². The number of anilines is 1. The minimum absolute atomic E-state index is 0.00304. The molecule has 0 saturated carbocycles. The number of fused-ring (bicyclic) bond motifs is 1. The Morgan fingerprint density at radius 2 is 1.69 bits per heavy atom. The standard InChI is InChI=1S/C25H28N2O5/c1-17(28)26-14-20(23-10-6-7-11-24(23)26)12-21-13-22(32-18(2)29)15-27(21)25(30)31-16-19-8-4-3-5-9-19/h3-11,20-22H,12-16H2,1-2H3. The fourth-order valence-corrected chi connectivity index (χ4v) is 4.77. The molecule has 2 aromatic rings. The van der Waals surface area contributed by atoms with E-state index in [0.29, 0.717) is 25.9 Å². The number of likely N-dealkylation sites (tertiary alicyclic amines) is 1. The van der Waals surface area contributed by atoms with E-state index in [1.54, 1.807) is 16.7 Å². The van der Waals surface area contributed by atoms with E-state index >= 15 is 0 Å². The highest BCUT2D eigenvalue weighted by Crippen LogP contribution is 2.41. The van der Waals surface area contributed by atoms with E-state index in [-0.39, 0.29) is 36.5 Å². The Bertz CT molecular complexity index is 993. The second-order valence-corrected chi connectivity index (χ2v) is 8.43. The summed E-state index contributed by atoms with van der Waals surface area (Å²) in [5.41, 5.74) is 2.95. The van der Waals surface area contributed by atoms with Gasteiger partial charge >= 0.3 is 12.1 Å². The van der Waals surface area contributed by atoms with Crippen LogP contribution < -0.4 is 4.90 Å². The molecule has 0 bridgehead atoms. The highest BCUT2D eigenvalue weighted by atomic mass is 16.6. The van der Waals surface area contributed by atoms with Gasteiger partial charge in [-0.1, -0.05) is 48.5 Å². The number of ether oxygens (including phenoxy) is 2. The second-order valence-electron chi connectivity index (χ2n) is 8.43. The maximum atomic E-state index is 13.0. The average molecular weight is 437 g/mol. The van der Waals surface area contributed by atoms with E-state index in [2.05, 4.69) is 0 Å². The van der Waals surface area contributed by atoms with Crippen LogP contribution in [0.15, 0.2) is 54.6 Å². The molecule has 4 rings (SSSR count). The van der Waals surface area contributed by atoms with Gasteiger partial charge in [-0.25, -0.2) is 4.79 Å². The lowest BCUT2D eigenvalue weighted by Gasteiger charge is -2.26. The molecule has 168 valence electrons. The number of esters is 1. The van der Waals surface area contributed by atoms with Crippen molar-refractivity contribution in [2.75, 3.05) is 18.0 Å². The van der Waals surface area contributed by atoms with Crippen molar-refractivity contribution in [2.45, 2.75) is 51.4 Å². The highest BCUT2D eigenvalue weighted by Gasteiger charge is 2.41. The lowest BCUT2D eigenvalue weighted by molar-refractivity contribution is -0.145. The molecule has 32 heavy (non-hydrogen) atoms. The summed E-state index contributed by atoms with van der Waals surface area (Å²) in [5, 5.41) is 0. The summed E-state index contributed by atoms with van der Waals surface area (Å²) < 4.78 is 11.0. The van der Waals surface area contributed by atoms with Crippen molar-refractivity contribution < 1.29 is 23.9 Å². The van der Waals surface area contributed by atoms with Crippen LogP contribution >= 0.6 is 0 Å². The molecule has 2 aliphatic heterocycles. The van der Waals surface area contributed by atoms with Gasteiger partial charge in [-0.05, 0) is 23.6 Å². The third kappa shape index (κ3) is 4.77. The molecular weight excluding hydrogens is 408 g/mol. The fraction of sp³-hybridized carbons (Fsp3) is 0.400. The average Bonchev–Trinajstić information content (AvgIpc) is 3.34. The van der Waals surface area contributed by atoms with E-state index < -0.39 is 6.09 Å². The summed E-state index contributed by atoms with van der Waals surface area (Å²) >= 11 is 0. The Morgan fingerprint density at radius 3 is 2.41 bits per heavy atom. The summed E-state index contributed by atoms with van der Waals surface area (Å²) in [6.45, 7) is 4.02. The number of benzene rings is 2. The number of amides is 2. The van der Waals surface area contributed by atoms with Gasteiger partial charge in [-0.3, -0.25) is 9.59 Å². The van der Waals surface area contributed by atoms with Gasteiger partial charge in [0.15, 0.2) is 0 Å². The lowest BCUT2D eigenvalue weighted by atomic mass is 9.93. The fourth-order valence-electron chi connectivity index (χ4n) is 4.77. The number of carbonyl (C=O) groups is 3. The van der Waals surface area contributed by atoms with Gasteiger partial charge in [0, 0.05) is 44.5 Å². The molecule has 3 unspecified atom stereocenters. The molecule has 2 aliphatic rings. The van der Waals surface area contributed by atoms with Crippen LogP contribution in [-0.4, -0.2) is 48.1 Å². The first-order chi connectivity index (χ1) is 15.4. The lowest BCUT2D eigenvalue weighted by Crippen LogP contribution is -2.38. The van der Waals surface area contributed by atoms with Gasteiger partial charge in [-0.15, -0.1) is 0 Å². The zero-order chi connectivity index (χ0) is 22.7. The van der Waals surface area contributed by atoms with Crippen molar-refractivity contribution in [3.63, 3.8) is 0 Å². The molecule has 2 heterocycles. The summed E-state index contributed by atoms with van der Waals surface area (Å²) in [7, 11) is 0. The molecule has 7 heteroatoms. The molecular formula is C25H28N2O5. The zero-order valence-electron chi connectivity index (χ0n) is 18.4. The molecule has 0 N–H and O–H groups in total. The molecule has 1 fully saturated rings. The summed E-state index contributed by atoms with van der Waals surface area (Å²) in [5.74, 6) is -0.258.